The molecule has 6 nitrogen and oxygen atoms in total. The SMILES string of the molecule is CCOc1ccc(NC(=O)c2csc(NC(=O)c3cccc(F)c3)n2)cc1. The third kappa shape index (κ3) is 4.89. The highest BCUT2D eigenvalue weighted by Crippen LogP contribution is 2.19. The molecule has 0 saturated heterocycles. The van der Waals surface area contributed by atoms with Crippen LogP contribution in [0.4, 0.5) is 15.2 Å². The molecule has 3 rings (SSSR count). The van der Waals surface area contributed by atoms with Gasteiger partial charge in [-0.15, -0.1) is 11.3 Å². The van der Waals surface area contributed by atoms with E-state index in [2.05, 4.69) is 15.6 Å². The van der Waals surface area contributed by atoms with Gasteiger partial charge in [-0.1, -0.05) is 6.07 Å². The number of hydrogen-bond acceptors (Lipinski definition) is 5. The molecule has 1 heterocycles. The Hall–Kier alpha value is -3.26. The molecule has 0 atom stereocenters. The third-order valence-electron chi connectivity index (χ3n) is 3.47. The molecule has 8 heteroatoms. The van der Waals surface area contributed by atoms with Gasteiger partial charge >= 0.3 is 0 Å². The van der Waals surface area contributed by atoms with E-state index in [1.807, 2.05) is 6.92 Å². The Labute approximate surface area is 159 Å². The fourth-order valence-corrected chi connectivity index (χ4v) is 2.92. The second-order valence-electron chi connectivity index (χ2n) is 5.41. The van der Waals surface area contributed by atoms with Crippen LogP contribution in [0.25, 0.3) is 0 Å². The maximum atomic E-state index is 13.2. The van der Waals surface area contributed by atoms with Gasteiger partial charge in [0, 0.05) is 16.6 Å². The summed E-state index contributed by atoms with van der Waals surface area (Å²) in [5, 5.41) is 7.06. The first-order valence-electron chi connectivity index (χ1n) is 8.12. The average molecular weight is 385 g/mol. The van der Waals surface area contributed by atoms with Crippen LogP contribution in [0.2, 0.25) is 0 Å². The maximum absolute atomic E-state index is 13.2. The first-order valence-corrected chi connectivity index (χ1v) is 9.00. The van der Waals surface area contributed by atoms with E-state index in [0.717, 1.165) is 17.4 Å². The summed E-state index contributed by atoms with van der Waals surface area (Å²) in [6, 6.07) is 12.3. The van der Waals surface area contributed by atoms with E-state index >= 15 is 0 Å². The van der Waals surface area contributed by atoms with Crippen LogP contribution in [0, 0.1) is 5.82 Å². The second kappa shape index (κ2) is 8.41. The molecule has 0 aliphatic rings. The van der Waals surface area contributed by atoms with E-state index in [4.69, 9.17) is 4.74 Å². The van der Waals surface area contributed by atoms with Crippen molar-refractivity contribution < 1.29 is 18.7 Å². The van der Waals surface area contributed by atoms with E-state index in [9.17, 15) is 14.0 Å². The highest BCUT2D eigenvalue weighted by molar-refractivity contribution is 7.14. The molecule has 2 aromatic carbocycles. The fourth-order valence-electron chi connectivity index (χ4n) is 2.23. The van der Waals surface area contributed by atoms with Gasteiger partial charge in [-0.2, -0.15) is 0 Å². The van der Waals surface area contributed by atoms with Gasteiger partial charge in [0.2, 0.25) is 0 Å². The van der Waals surface area contributed by atoms with Gasteiger partial charge in [0.15, 0.2) is 5.13 Å². The van der Waals surface area contributed by atoms with Gasteiger partial charge in [-0.25, -0.2) is 9.37 Å². The van der Waals surface area contributed by atoms with Crippen LogP contribution in [-0.2, 0) is 0 Å². The Balaban J connectivity index is 1.62. The number of halogens is 1. The summed E-state index contributed by atoms with van der Waals surface area (Å²) in [6.45, 7) is 2.46. The molecule has 27 heavy (non-hydrogen) atoms. The molecule has 1 aromatic heterocycles. The van der Waals surface area contributed by atoms with Crippen molar-refractivity contribution in [3.63, 3.8) is 0 Å². The lowest BCUT2D eigenvalue weighted by molar-refractivity contribution is 0.101. The zero-order chi connectivity index (χ0) is 19.2. The quantitative estimate of drug-likeness (QED) is 0.667. The number of nitrogens with zero attached hydrogens (tertiary/aromatic N) is 1. The number of thiazole rings is 1. The number of nitrogens with one attached hydrogen (secondary N) is 2. The maximum Gasteiger partial charge on any atom is 0.275 e. The predicted octanol–water partition coefficient (Wildman–Crippen LogP) is 4.19. The van der Waals surface area contributed by atoms with Crippen molar-refractivity contribution in [3.8, 4) is 5.75 Å². The number of benzene rings is 2. The first kappa shape index (κ1) is 18.5. The van der Waals surface area contributed by atoms with Crippen LogP contribution in [0.3, 0.4) is 0 Å². The number of anilines is 2. The van der Waals surface area contributed by atoms with Crippen molar-refractivity contribution in [2.75, 3.05) is 17.2 Å². The van der Waals surface area contributed by atoms with Crippen molar-refractivity contribution in [2.45, 2.75) is 6.92 Å². The summed E-state index contributed by atoms with van der Waals surface area (Å²) in [5.41, 5.74) is 0.941. The Kier molecular flexibility index (Phi) is 5.77. The molecule has 0 fully saturated rings. The number of rotatable bonds is 6. The van der Waals surface area contributed by atoms with Crippen molar-refractivity contribution in [1.82, 2.24) is 4.98 Å². The molecule has 3 aromatic rings. The number of amides is 2. The summed E-state index contributed by atoms with van der Waals surface area (Å²) in [6.07, 6.45) is 0. The average Bonchev–Trinajstić information content (AvgIpc) is 3.12. The lowest BCUT2D eigenvalue weighted by Gasteiger charge is -2.06. The number of carbonyl (C=O) groups excluding carboxylic acids is 2. The number of ether oxygens (including phenoxy) is 1. The minimum atomic E-state index is -0.503. The lowest BCUT2D eigenvalue weighted by atomic mass is 10.2. The molecule has 0 radical (unpaired) electrons. The molecule has 0 aliphatic carbocycles. The Morgan fingerprint density at radius 2 is 1.89 bits per heavy atom. The van der Waals surface area contributed by atoms with E-state index < -0.39 is 17.6 Å². The van der Waals surface area contributed by atoms with Crippen LogP contribution >= 0.6 is 11.3 Å². The molecule has 138 valence electrons. The molecular weight excluding hydrogens is 369 g/mol. The molecule has 2 amide bonds. The van der Waals surface area contributed by atoms with E-state index in [-0.39, 0.29) is 16.4 Å². The van der Waals surface area contributed by atoms with Crippen LogP contribution in [0.1, 0.15) is 27.8 Å². The summed E-state index contributed by atoms with van der Waals surface area (Å²) in [7, 11) is 0. The largest absolute Gasteiger partial charge is 0.494 e. The van der Waals surface area contributed by atoms with E-state index in [1.54, 1.807) is 24.3 Å². The predicted molar refractivity (Wildman–Crippen MR) is 102 cm³/mol. The lowest BCUT2D eigenvalue weighted by Crippen LogP contribution is -2.14. The van der Waals surface area contributed by atoms with Gasteiger partial charge in [0.1, 0.15) is 17.3 Å². The zero-order valence-corrected chi connectivity index (χ0v) is 15.2. The van der Waals surface area contributed by atoms with Crippen LogP contribution < -0.4 is 15.4 Å². The van der Waals surface area contributed by atoms with Gasteiger partial charge in [-0.3, -0.25) is 14.9 Å². The smallest absolute Gasteiger partial charge is 0.275 e. The van der Waals surface area contributed by atoms with Crippen LogP contribution in [0.15, 0.2) is 53.9 Å². The molecule has 0 aliphatic heterocycles. The minimum Gasteiger partial charge on any atom is -0.494 e. The molecule has 0 unspecified atom stereocenters. The summed E-state index contributed by atoms with van der Waals surface area (Å²) < 4.78 is 18.5. The highest BCUT2D eigenvalue weighted by Gasteiger charge is 2.14. The number of aromatic nitrogens is 1. The Bertz CT molecular complexity index is 957. The standard InChI is InChI=1S/C19H16FN3O3S/c1-2-26-15-8-6-14(7-9-15)21-18(25)16-11-27-19(22-16)23-17(24)12-4-3-5-13(20)10-12/h3-11H,2H2,1H3,(H,21,25)(H,22,23,24). The van der Waals surface area contributed by atoms with Crippen LogP contribution in [-0.4, -0.2) is 23.4 Å². The summed E-state index contributed by atoms with van der Waals surface area (Å²) in [5.74, 6) is -0.687. The third-order valence-corrected chi connectivity index (χ3v) is 4.23. The van der Waals surface area contributed by atoms with E-state index in [0.29, 0.717) is 18.0 Å². The van der Waals surface area contributed by atoms with Crippen molar-refractivity contribution in [1.29, 1.82) is 0 Å². The van der Waals surface area contributed by atoms with Crippen LogP contribution in [0.5, 0.6) is 5.75 Å². The van der Waals surface area contributed by atoms with Crippen molar-refractivity contribution in [3.05, 3.63) is 71.0 Å². The van der Waals surface area contributed by atoms with Gasteiger partial charge in [0.05, 0.1) is 6.61 Å². The number of hydrogen-bond donors (Lipinski definition) is 2. The summed E-state index contributed by atoms with van der Waals surface area (Å²) >= 11 is 1.11. The monoisotopic (exact) mass is 385 g/mol. The van der Waals surface area contributed by atoms with Gasteiger partial charge in [0.25, 0.3) is 11.8 Å². The van der Waals surface area contributed by atoms with Crippen molar-refractivity contribution >= 4 is 34.0 Å². The first-order chi connectivity index (χ1) is 13.0. The molecule has 0 saturated carbocycles. The minimum absolute atomic E-state index is 0.170. The molecule has 0 bridgehead atoms. The molecular formula is C19H16FN3O3S. The second-order valence-corrected chi connectivity index (χ2v) is 6.27. The highest BCUT2D eigenvalue weighted by atomic mass is 32.1. The summed E-state index contributed by atoms with van der Waals surface area (Å²) in [4.78, 5) is 28.5. The van der Waals surface area contributed by atoms with Gasteiger partial charge in [-0.05, 0) is 49.4 Å². The topological polar surface area (TPSA) is 80.3 Å². The number of carbonyl (C=O) groups is 2. The normalized spacial score (nSPS) is 10.3. The van der Waals surface area contributed by atoms with Gasteiger partial charge < -0.3 is 10.1 Å². The molecule has 0 spiro atoms. The Morgan fingerprint density at radius 3 is 2.59 bits per heavy atom. The Morgan fingerprint density at radius 1 is 1.11 bits per heavy atom. The fraction of sp³-hybridized carbons (Fsp3) is 0.105. The van der Waals surface area contributed by atoms with E-state index in [1.165, 1.54) is 23.6 Å². The molecule has 2 N–H and O–H groups in total. The van der Waals surface area contributed by atoms with Crippen molar-refractivity contribution in [2.24, 2.45) is 0 Å². The zero-order valence-electron chi connectivity index (χ0n) is 14.4.